The number of aliphatic hydroxyl groups is 1. The van der Waals surface area contributed by atoms with E-state index in [1.165, 1.54) is 19.2 Å². The van der Waals surface area contributed by atoms with Crippen molar-refractivity contribution < 1.29 is 23.4 Å². The standard InChI is InChI=1S/C24H29F2N5O3/c1-14(16-7-6-8-17(9-16)24(25,26)13-33-4)27-21-18-10-19(31-11-23(3,32)12-31)22(34-5)28-20(18)15(2)29-30-21/h6-10,14,32H,11-13H2,1-5H3,(H,27,30)/t14-/m1/s1. The number of benzene rings is 1. The Morgan fingerprint density at radius 3 is 2.62 bits per heavy atom. The van der Waals surface area contributed by atoms with Crippen LogP contribution >= 0.6 is 0 Å². The van der Waals surface area contributed by atoms with Crippen LogP contribution in [0.25, 0.3) is 10.9 Å². The number of β-amino-alcohol motifs (C(OH)–C–C–N with tert-alkyl or cyclic N) is 1. The lowest BCUT2D eigenvalue weighted by atomic mass is 9.96. The molecule has 1 atom stereocenters. The van der Waals surface area contributed by atoms with Gasteiger partial charge in [0.2, 0.25) is 5.88 Å². The smallest absolute Gasteiger partial charge is 0.296 e. The van der Waals surface area contributed by atoms with Crippen LogP contribution in [-0.4, -0.2) is 59.8 Å². The number of nitrogens with one attached hydrogen (secondary N) is 1. The number of nitrogens with zero attached hydrogens (tertiary/aromatic N) is 4. The zero-order valence-electron chi connectivity index (χ0n) is 19.9. The number of fused-ring (bicyclic) bond motifs is 1. The van der Waals surface area contributed by atoms with Gasteiger partial charge in [-0.2, -0.15) is 13.9 Å². The Kier molecular flexibility index (Phi) is 6.30. The molecule has 1 aliphatic heterocycles. The van der Waals surface area contributed by atoms with Crippen LogP contribution in [0, 0.1) is 6.92 Å². The summed E-state index contributed by atoms with van der Waals surface area (Å²) in [7, 11) is 2.80. The summed E-state index contributed by atoms with van der Waals surface area (Å²) in [6.45, 7) is 5.67. The number of ether oxygens (including phenoxy) is 2. The molecule has 10 heteroatoms. The van der Waals surface area contributed by atoms with Crippen LogP contribution < -0.4 is 15.0 Å². The largest absolute Gasteiger partial charge is 0.480 e. The summed E-state index contributed by atoms with van der Waals surface area (Å²) in [4.78, 5) is 6.63. The van der Waals surface area contributed by atoms with Gasteiger partial charge >= 0.3 is 0 Å². The highest BCUT2D eigenvalue weighted by Crippen LogP contribution is 2.38. The molecule has 0 bridgehead atoms. The first-order valence-electron chi connectivity index (χ1n) is 11.0. The molecule has 34 heavy (non-hydrogen) atoms. The Labute approximate surface area is 196 Å². The van der Waals surface area contributed by atoms with Crippen LogP contribution in [0.15, 0.2) is 30.3 Å². The van der Waals surface area contributed by atoms with E-state index in [1.54, 1.807) is 26.2 Å². The highest BCUT2D eigenvalue weighted by Gasteiger charge is 2.38. The summed E-state index contributed by atoms with van der Waals surface area (Å²) in [6, 6.07) is 7.81. The minimum absolute atomic E-state index is 0.112. The number of aromatic nitrogens is 3. The molecule has 2 N–H and O–H groups in total. The van der Waals surface area contributed by atoms with E-state index in [0.717, 1.165) is 11.1 Å². The predicted octanol–water partition coefficient (Wildman–Crippen LogP) is 3.82. The molecule has 3 heterocycles. The fourth-order valence-electron chi connectivity index (χ4n) is 4.19. The van der Waals surface area contributed by atoms with E-state index in [1.807, 2.05) is 24.8 Å². The summed E-state index contributed by atoms with van der Waals surface area (Å²) >= 11 is 0. The Balaban J connectivity index is 1.69. The van der Waals surface area contributed by atoms with Gasteiger partial charge in [-0.25, -0.2) is 4.98 Å². The Hall–Kier alpha value is -3.11. The maximum atomic E-state index is 14.4. The number of anilines is 2. The molecule has 0 saturated carbocycles. The SMILES string of the molecule is COCC(F)(F)c1cccc([C@@H](C)Nc2nnc(C)c3nc(OC)c(N4CC(C)(O)C4)cc23)c1. The number of hydrogen-bond donors (Lipinski definition) is 2. The first-order valence-corrected chi connectivity index (χ1v) is 11.0. The van der Waals surface area contributed by atoms with Gasteiger partial charge in [-0.05, 0) is 38.5 Å². The molecule has 0 amide bonds. The van der Waals surface area contributed by atoms with Crippen molar-refractivity contribution in [3.8, 4) is 5.88 Å². The lowest BCUT2D eigenvalue weighted by Crippen LogP contribution is -2.60. The van der Waals surface area contributed by atoms with E-state index in [0.29, 0.717) is 41.6 Å². The molecule has 1 aliphatic rings. The first kappa shape index (κ1) is 24.0. The normalized spacial score (nSPS) is 16.3. The quantitative estimate of drug-likeness (QED) is 0.510. The molecule has 8 nitrogen and oxygen atoms in total. The third-order valence-electron chi connectivity index (χ3n) is 5.95. The number of rotatable bonds is 8. The van der Waals surface area contributed by atoms with Gasteiger partial charge in [-0.3, -0.25) is 0 Å². The van der Waals surface area contributed by atoms with Crippen molar-refractivity contribution >= 4 is 22.4 Å². The highest BCUT2D eigenvalue weighted by molar-refractivity contribution is 5.94. The van der Waals surface area contributed by atoms with E-state index in [4.69, 9.17) is 4.74 Å². The molecule has 0 aliphatic carbocycles. The van der Waals surface area contributed by atoms with E-state index in [9.17, 15) is 13.9 Å². The van der Waals surface area contributed by atoms with Gasteiger partial charge in [0.1, 0.15) is 17.8 Å². The van der Waals surface area contributed by atoms with Crippen LogP contribution in [0.5, 0.6) is 5.88 Å². The van der Waals surface area contributed by atoms with Gasteiger partial charge < -0.3 is 24.8 Å². The lowest BCUT2D eigenvalue weighted by Gasteiger charge is -2.45. The molecule has 0 radical (unpaired) electrons. The lowest BCUT2D eigenvalue weighted by molar-refractivity contribution is -0.0698. The van der Waals surface area contributed by atoms with Crippen molar-refractivity contribution in [1.82, 2.24) is 15.2 Å². The highest BCUT2D eigenvalue weighted by atomic mass is 19.3. The third-order valence-corrected chi connectivity index (χ3v) is 5.95. The molecule has 2 aromatic heterocycles. The van der Waals surface area contributed by atoms with E-state index in [-0.39, 0.29) is 11.6 Å². The van der Waals surface area contributed by atoms with Crippen molar-refractivity contribution in [3.05, 3.63) is 47.2 Å². The molecule has 1 saturated heterocycles. The first-order chi connectivity index (χ1) is 16.0. The van der Waals surface area contributed by atoms with Gasteiger partial charge in [-0.1, -0.05) is 18.2 Å². The fraction of sp³-hybridized carbons (Fsp3) is 0.458. The van der Waals surface area contributed by atoms with E-state index >= 15 is 0 Å². The molecular formula is C24H29F2N5O3. The minimum atomic E-state index is -3.09. The zero-order chi connectivity index (χ0) is 24.7. The summed E-state index contributed by atoms with van der Waals surface area (Å²) in [5.74, 6) is -2.17. The van der Waals surface area contributed by atoms with Crippen LogP contribution in [0.1, 0.15) is 36.7 Å². The van der Waals surface area contributed by atoms with E-state index < -0.39 is 18.1 Å². The second-order valence-corrected chi connectivity index (χ2v) is 9.03. The van der Waals surface area contributed by atoms with Gasteiger partial charge in [0.25, 0.3) is 5.92 Å². The topological polar surface area (TPSA) is 92.6 Å². The molecule has 0 unspecified atom stereocenters. The second kappa shape index (κ2) is 8.92. The minimum Gasteiger partial charge on any atom is -0.480 e. The maximum absolute atomic E-state index is 14.4. The van der Waals surface area contributed by atoms with Crippen molar-refractivity contribution in [2.75, 3.05) is 44.1 Å². The van der Waals surface area contributed by atoms with Crippen LogP contribution in [-0.2, 0) is 10.7 Å². The molecule has 182 valence electrons. The van der Waals surface area contributed by atoms with Gasteiger partial charge in [-0.15, -0.1) is 5.10 Å². The molecule has 3 aromatic rings. The molecular weight excluding hydrogens is 444 g/mol. The van der Waals surface area contributed by atoms with Crippen LogP contribution in [0.4, 0.5) is 20.3 Å². The number of methoxy groups -OCH3 is 2. The summed E-state index contributed by atoms with van der Waals surface area (Å²) in [5.41, 5.74) is 1.79. The maximum Gasteiger partial charge on any atom is 0.296 e. The van der Waals surface area contributed by atoms with Crippen LogP contribution in [0.2, 0.25) is 0 Å². The van der Waals surface area contributed by atoms with E-state index in [2.05, 4.69) is 25.2 Å². The van der Waals surface area contributed by atoms with Crippen molar-refractivity contribution in [2.45, 2.75) is 38.3 Å². The summed E-state index contributed by atoms with van der Waals surface area (Å²) in [6.07, 6.45) is 0. The Morgan fingerprint density at radius 2 is 1.97 bits per heavy atom. The van der Waals surface area contributed by atoms with Crippen LogP contribution in [0.3, 0.4) is 0 Å². The molecule has 1 aromatic carbocycles. The average Bonchev–Trinajstić information content (AvgIpc) is 2.78. The Morgan fingerprint density at radius 1 is 1.24 bits per heavy atom. The predicted molar refractivity (Wildman–Crippen MR) is 126 cm³/mol. The third kappa shape index (κ3) is 4.60. The van der Waals surface area contributed by atoms with Gasteiger partial charge in [0.15, 0.2) is 5.82 Å². The monoisotopic (exact) mass is 473 g/mol. The number of halogens is 2. The number of pyridine rings is 1. The Bertz CT molecular complexity index is 1200. The number of alkyl halides is 2. The molecule has 4 rings (SSSR count). The fourth-order valence-corrected chi connectivity index (χ4v) is 4.19. The van der Waals surface area contributed by atoms with Crippen molar-refractivity contribution in [3.63, 3.8) is 0 Å². The molecule has 0 spiro atoms. The number of aryl methyl sites for hydroxylation is 1. The second-order valence-electron chi connectivity index (χ2n) is 9.03. The summed E-state index contributed by atoms with van der Waals surface area (Å²) in [5, 5.41) is 22.7. The van der Waals surface area contributed by atoms with Gasteiger partial charge in [0, 0.05) is 31.1 Å². The van der Waals surface area contributed by atoms with Crippen molar-refractivity contribution in [2.24, 2.45) is 0 Å². The average molecular weight is 474 g/mol. The summed E-state index contributed by atoms with van der Waals surface area (Å²) < 4.78 is 38.9. The zero-order valence-corrected chi connectivity index (χ0v) is 19.9. The molecule has 1 fully saturated rings. The number of hydrogen-bond acceptors (Lipinski definition) is 8. The van der Waals surface area contributed by atoms with Gasteiger partial charge in [0.05, 0.1) is 24.4 Å². The van der Waals surface area contributed by atoms with Crippen molar-refractivity contribution in [1.29, 1.82) is 0 Å².